The Kier molecular flexibility index (Phi) is 6.35. The minimum absolute atomic E-state index is 0.0606. The molecule has 1 aromatic heterocycles. The number of nitrogens with one attached hydrogen (secondary N) is 3. The maximum absolute atomic E-state index is 12.4. The summed E-state index contributed by atoms with van der Waals surface area (Å²) in [4.78, 5) is 32.7. The van der Waals surface area contributed by atoms with Gasteiger partial charge in [-0.15, -0.1) is 0 Å². The number of imidazole rings is 1. The van der Waals surface area contributed by atoms with Crippen molar-refractivity contribution in [2.24, 2.45) is 0 Å². The minimum Gasteiger partial charge on any atom is -0.338 e. The Morgan fingerprint density at radius 1 is 0.657 bits per heavy atom. The van der Waals surface area contributed by atoms with Crippen molar-refractivity contribution in [1.82, 2.24) is 9.97 Å². The Bertz CT molecular complexity index is 1460. The summed E-state index contributed by atoms with van der Waals surface area (Å²) in [6, 6.07) is 32.5. The van der Waals surface area contributed by atoms with Crippen LogP contribution in [0.15, 0.2) is 103 Å². The largest absolute Gasteiger partial charge is 0.338 e. The predicted molar refractivity (Wildman–Crippen MR) is 139 cm³/mol. The number of benzene rings is 4. The summed E-state index contributed by atoms with van der Waals surface area (Å²) in [7, 11) is 0. The van der Waals surface area contributed by atoms with Crippen LogP contribution in [0, 0.1) is 0 Å². The van der Waals surface area contributed by atoms with Crippen molar-refractivity contribution < 1.29 is 9.59 Å². The third-order valence-electron chi connectivity index (χ3n) is 5.62. The average molecular weight is 461 g/mol. The molecule has 0 saturated heterocycles. The molecule has 0 radical (unpaired) electrons. The zero-order valence-corrected chi connectivity index (χ0v) is 19.0. The molecule has 172 valence electrons. The molecule has 0 bridgehead atoms. The monoisotopic (exact) mass is 460 g/mol. The number of aromatic amines is 1. The van der Waals surface area contributed by atoms with Crippen LogP contribution in [0.25, 0.3) is 22.4 Å². The number of amides is 2. The van der Waals surface area contributed by atoms with Gasteiger partial charge in [-0.25, -0.2) is 4.98 Å². The number of carbonyl (C=O) groups is 2. The molecule has 0 spiro atoms. The van der Waals surface area contributed by atoms with Gasteiger partial charge >= 0.3 is 0 Å². The summed E-state index contributed by atoms with van der Waals surface area (Å²) in [6.07, 6.45) is 0.651. The van der Waals surface area contributed by atoms with E-state index in [0.717, 1.165) is 39.2 Å². The molecule has 5 aromatic rings. The number of fused-ring (bicyclic) bond motifs is 1. The van der Waals surface area contributed by atoms with Crippen molar-refractivity contribution >= 4 is 34.2 Å². The van der Waals surface area contributed by atoms with Crippen LogP contribution in [0.5, 0.6) is 0 Å². The topological polar surface area (TPSA) is 86.9 Å². The van der Waals surface area contributed by atoms with Crippen LogP contribution in [0.3, 0.4) is 0 Å². The molecule has 2 amide bonds. The number of carbonyl (C=O) groups excluding carboxylic acids is 2. The fraction of sp³-hybridized carbons (Fsp3) is 0.0690. The van der Waals surface area contributed by atoms with Gasteiger partial charge in [-0.1, -0.05) is 60.7 Å². The quantitative estimate of drug-likeness (QED) is 0.296. The van der Waals surface area contributed by atoms with Gasteiger partial charge in [-0.2, -0.15) is 0 Å². The first-order valence-electron chi connectivity index (χ1n) is 11.4. The normalized spacial score (nSPS) is 10.7. The Hall–Kier alpha value is -4.71. The molecule has 6 nitrogen and oxygen atoms in total. The molecular weight excluding hydrogens is 436 g/mol. The predicted octanol–water partition coefficient (Wildman–Crippen LogP) is 5.59. The fourth-order valence-electron chi connectivity index (χ4n) is 3.91. The van der Waals surface area contributed by atoms with Crippen molar-refractivity contribution in [1.29, 1.82) is 0 Å². The number of nitrogens with zero attached hydrogens (tertiary/aromatic N) is 1. The van der Waals surface area contributed by atoms with Crippen LogP contribution >= 0.6 is 0 Å². The Labute approximate surface area is 203 Å². The number of anilines is 2. The van der Waals surface area contributed by atoms with Crippen molar-refractivity contribution in [3.63, 3.8) is 0 Å². The minimum atomic E-state index is -0.0693. The molecule has 0 aliphatic carbocycles. The van der Waals surface area contributed by atoms with Crippen LogP contribution in [0.4, 0.5) is 11.4 Å². The summed E-state index contributed by atoms with van der Waals surface area (Å²) in [5.74, 6) is 0.588. The Morgan fingerprint density at radius 2 is 1.20 bits per heavy atom. The number of rotatable bonds is 7. The van der Waals surface area contributed by atoms with E-state index in [1.165, 1.54) is 0 Å². The third kappa shape index (κ3) is 5.62. The second-order valence-electron chi connectivity index (χ2n) is 8.32. The molecule has 3 N–H and O–H groups in total. The van der Waals surface area contributed by atoms with Gasteiger partial charge in [-0.3, -0.25) is 9.59 Å². The number of hydrogen-bond donors (Lipinski definition) is 3. The first-order valence-corrected chi connectivity index (χ1v) is 11.4. The van der Waals surface area contributed by atoms with E-state index in [9.17, 15) is 9.59 Å². The lowest BCUT2D eigenvalue weighted by atomic mass is 10.1. The SMILES string of the molecule is O=C(Cc1ccccc1)Nc1ccc(-c2nc3ccc(NC(=O)Cc4ccccc4)cc3[nH]2)cc1. The Morgan fingerprint density at radius 3 is 1.80 bits per heavy atom. The van der Waals surface area contributed by atoms with E-state index in [2.05, 4.69) is 20.6 Å². The molecule has 0 atom stereocenters. The average Bonchev–Trinajstić information content (AvgIpc) is 3.29. The first-order chi connectivity index (χ1) is 17.1. The van der Waals surface area contributed by atoms with E-state index in [0.29, 0.717) is 18.5 Å². The highest BCUT2D eigenvalue weighted by Gasteiger charge is 2.09. The summed E-state index contributed by atoms with van der Waals surface area (Å²) in [6.45, 7) is 0. The van der Waals surface area contributed by atoms with Gasteiger partial charge in [0.15, 0.2) is 0 Å². The lowest BCUT2D eigenvalue weighted by Crippen LogP contribution is -2.14. The number of H-pyrrole nitrogens is 1. The highest BCUT2D eigenvalue weighted by molar-refractivity contribution is 5.95. The van der Waals surface area contributed by atoms with Gasteiger partial charge < -0.3 is 15.6 Å². The van der Waals surface area contributed by atoms with Crippen LogP contribution in [0.1, 0.15) is 11.1 Å². The van der Waals surface area contributed by atoms with Crippen molar-refractivity contribution in [2.75, 3.05) is 10.6 Å². The van der Waals surface area contributed by atoms with Gasteiger partial charge in [0.05, 0.1) is 23.9 Å². The molecule has 1 heterocycles. The summed E-state index contributed by atoms with van der Waals surface area (Å²) in [5, 5.41) is 5.88. The third-order valence-corrected chi connectivity index (χ3v) is 5.62. The molecule has 0 unspecified atom stereocenters. The van der Waals surface area contributed by atoms with E-state index >= 15 is 0 Å². The van der Waals surface area contributed by atoms with Crippen molar-refractivity contribution in [2.45, 2.75) is 12.8 Å². The van der Waals surface area contributed by atoms with E-state index in [1.807, 2.05) is 103 Å². The molecule has 4 aromatic carbocycles. The zero-order chi connectivity index (χ0) is 24.0. The molecule has 0 saturated carbocycles. The van der Waals surface area contributed by atoms with Gasteiger partial charge in [0, 0.05) is 16.9 Å². The van der Waals surface area contributed by atoms with E-state index < -0.39 is 0 Å². The molecule has 0 aliphatic rings. The summed E-state index contributed by atoms with van der Waals surface area (Å²) >= 11 is 0. The second-order valence-corrected chi connectivity index (χ2v) is 8.32. The Balaban J connectivity index is 1.24. The molecule has 6 heteroatoms. The molecule has 0 aliphatic heterocycles. The van der Waals surface area contributed by atoms with Gasteiger partial charge in [0.2, 0.25) is 11.8 Å². The fourth-order valence-corrected chi connectivity index (χ4v) is 3.91. The zero-order valence-electron chi connectivity index (χ0n) is 19.0. The van der Waals surface area contributed by atoms with E-state index in [1.54, 1.807) is 0 Å². The van der Waals surface area contributed by atoms with Gasteiger partial charge in [-0.05, 0) is 53.6 Å². The lowest BCUT2D eigenvalue weighted by Gasteiger charge is -2.06. The number of aromatic nitrogens is 2. The maximum atomic E-state index is 12.4. The molecule has 0 fully saturated rings. The van der Waals surface area contributed by atoms with E-state index in [4.69, 9.17) is 0 Å². The number of hydrogen-bond acceptors (Lipinski definition) is 3. The van der Waals surface area contributed by atoms with Crippen LogP contribution in [-0.2, 0) is 22.4 Å². The van der Waals surface area contributed by atoms with Crippen LogP contribution < -0.4 is 10.6 Å². The maximum Gasteiger partial charge on any atom is 0.228 e. The molecule has 5 rings (SSSR count). The molecule has 35 heavy (non-hydrogen) atoms. The summed E-state index contributed by atoms with van der Waals surface area (Å²) < 4.78 is 0. The second kappa shape index (κ2) is 10.1. The van der Waals surface area contributed by atoms with E-state index in [-0.39, 0.29) is 11.8 Å². The highest BCUT2D eigenvalue weighted by atomic mass is 16.2. The highest BCUT2D eigenvalue weighted by Crippen LogP contribution is 2.24. The van der Waals surface area contributed by atoms with Gasteiger partial charge in [0.1, 0.15) is 5.82 Å². The smallest absolute Gasteiger partial charge is 0.228 e. The molecular formula is C29H24N4O2. The summed E-state index contributed by atoms with van der Waals surface area (Å²) in [5.41, 5.74) is 5.92. The van der Waals surface area contributed by atoms with Crippen LogP contribution in [0.2, 0.25) is 0 Å². The van der Waals surface area contributed by atoms with Gasteiger partial charge in [0.25, 0.3) is 0 Å². The van der Waals surface area contributed by atoms with Crippen molar-refractivity contribution in [3.8, 4) is 11.4 Å². The van der Waals surface area contributed by atoms with Crippen LogP contribution in [-0.4, -0.2) is 21.8 Å². The first kappa shape index (κ1) is 22.1. The van der Waals surface area contributed by atoms with Crippen molar-refractivity contribution in [3.05, 3.63) is 114 Å². The lowest BCUT2D eigenvalue weighted by molar-refractivity contribution is -0.116. The standard InChI is InChI=1S/C29H24N4O2/c34-27(17-20-7-3-1-4-8-20)30-23-13-11-22(12-14-23)29-32-25-16-15-24(19-26(25)33-29)31-28(35)18-21-9-5-2-6-10-21/h1-16,19H,17-18H2,(H,30,34)(H,31,35)(H,32,33).